The molecule has 0 radical (unpaired) electrons. The fraction of sp³-hybridized carbons (Fsp3) is 0.316. The van der Waals surface area contributed by atoms with Crippen LogP contribution in [0.5, 0.6) is 5.75 Å². The van der Waals surface area contributed by atoms with Crippen LogP contribution in [0.25, 0.3) is 0 Å². The van der Waals surface area contributed by atoms with Crippen molar-refractivity contribution >= 4 is 11.6 Å². The van der Waals surface area contributed by atoms with E-state index in [-0.39, 0.29) is 11.8 Å². The topological polar surface area (TPSA) is 38.3 Å². The van der Waals surface area contributed by atoms with Crippen LogP contribution < -0.4 is 10.1 Å². The second-order valence-electron chi connectivity index (χ2n) is 5.83. The Labute approximate surface area is 131 Å². The summed E-state index contributed by atoms with van der Waals surface area (Å²) in [7, 11) is 0. The molecule has 1 N–H and O–H groups in total. The van der Waals surface area contributed by atoms with Crippen LogP contribution in [0.1, 0.15) is 36.0 Å². The molecule has 2 aromatic rings. The number of amides is 1. The Morgan fingerprint density at radius 1 is 1.14 bits per heavy atom. The summed E-state index contributed by atoms with van der Waals surface area (Å²) in [6.45, 7) is 4.88. The zero-order valence-corrected chi connectivity index (χ0v) is 13.1. The molecule has 3 nitrogen and oxygen atoms in total. The maximum Gasteiger partial charge on any atom is 0.232 e. The molecule has 1 aliphatic rings. The fourth-order valence-electron chi connectivity index (χ4n) is 2.83. The number of aryl methyl sites for hydroxylation is 1. The van der Waals surface area contributed by atoms with Crippen LogP contribution in [-0.4, -0.2) is 12.5 Å². The minimum Gasteiger partial charge on any atom is -0.494 e. The van der Waals surface area contributed by atoms with Crippen LogP contribution in [0.2, 0.25) is 0 Å². The largest absolute Gasteiger partial charge is 0.494 e. The van der Waals surface area contributed by atoms with Gasteiger partial charge >= 0.3 is 0 Å². The van der Waals surface area contributed by atoms with Crippen molar-refractivity contribution in [3.63, 3.8) is 0 Å². The predicted octanol–water partition coefficient (Wildman–Crippen LogP) is 4.06. The lowest BCUT2D eigenvalue weighted by Gasteiger charge is -2.10. The molecule has 3 rings (SSSR count). The van der Waals surface area contributed by atoms with Gasteiger partial charge in [0.05, 0.1) is 12.5 Å². The molecule has 1 amide bonds. The normalized spacial score (nSPS) is 16.3. The van der Waals surface area contributed by atoms with Gasteiger partial charge in [0.25, 0.3) is 0 Å². The zero-order valence-electron chi connectivity index (χ0n) is 13.1. The minimum atomic E-state index is -0.0997. The number of hydrogen-bond donors (Lipinski definition) is 1. The molecule has 1 atom stereocenters. The molecule has 0 bridgehead atoms. The molecule has 1 heterocycles. The van der Waals surface area contributed by atoms with E-state index in [4.69, 9.17) is 4.74 Å². The van der Waals surface area contributed by atoms with Crippen LogP contribution >= 0.6 is 0 Å². The maximum absolute atomic E-state index is 12.2. The number of rotatable bonds is 5. The summed E-state index contributed by atoms with van der Waals surface area (Å²) in [5.74, 6) is 0.877. The number of nitrogens with one attached hydrogen (secondary N) is 1. The van der Waals surface area contributed by atoms with Crippen molar-refractivity contribution < 1.29 is 9.53 Å². The lowest BCUT2D eigenvalue weighted by Crippen LogP contribution is -2.14. The average Bonchev–Trinajstić information content (AvgIpc) is 2.82. The molecule has 0 saturated carbocycles. The van der Waals surface area contributed by atoms with Gasteiger partial charge in [-0.1, -0.05) is 36.8 Å². The summed E-state index contributed by atoms with van der Waals surface area (Å²) in [4.78, 5) is 12.2. The first kappa shape index (κ1) is 14.6. The molecular weight excluding hydrogens is 274 g/mol. The second-order valence-corrected chi connectivity index (χ2v) is 5.83. The third-order valence-corrected chi connectivity index (χ3v) is 3.99. The highest BCUT2D eigenvalue weighted by molar-refractivity contribution is 6.03. The molecule has 0 saturated heterocycles. The maximum atomic E-state index is 12.2. The molecule has 0 spiro atoms. The molecule has 0 unspecified atom stereocenters. The first-order valence-electron chi connectivity index (χ1n) is 7.80. The Hall–Kier alpha value is -2.29. The van der Waals surface area contributed by atoms with Crippen LogP contribution in [0, 0.1) is 6.92 Å². The minimum absolute atomic E-state index is 0.0897. The van der Waals surface area contributed by atoms with Crippen molar-refractivity contribution in [2.45, 2.75) is 32.6 Å². The van der Waals surface area contributed by atoms with Gasteiger partial charge in [-0.3, -0.25) is 4.79 Å². The van der Waals surface area contributed by atoms with Gasteiger partial charge in [0, 0.05) is 5.69 Å². The van der Waals surface area contributed by atoms with Crippen LogP contribution in [0.3, 0.4) is 0 Å². The van der Waals surface area contributed by atoms with E-state index < -0.39 is 0 Å². The van der Waals surface area contributed by atoms with E-state index in [1.54, 1.807) is 0 Å². The first-order valence-corrected chi connectivity index (χ1v) is 7.80. The van der Waals surface area contributed by atoms with Gasteiger partial charge in [-0.25, -0.2) is 0 Å². The van der Waals surface area contributed by atoms with Crippen molar-refractivity contribution in [3.8, 4) is 5.75 Å². The molecule has 114 valence electrons. The zero-order chi connectivity index (χ0) is 15.5. The SMILES string of the molecule is CCCOc1ccc(C[C@@H]2C(=O)Nc3ccc(C)cc32)cc1. The first-order chi connectivity index (χ1) is 10.7. The monoisotopic (exact) mass is 295 g/mol. The van der Waals surface area contributed by atoms with Gasteiger partial charge in [-0.15, -0.1) is 0 Å². The highest BCUT2D eigenvalue weighted by Gasteiger charge is 2.30. The van der Waals surface area contributed by atoms with Gasteiger partial charge < -0.3 is 10.1 Å². The number of carbonyl (C=O) groups is 1. The summed E-state index contributed by atoms with van der Waals surface area (Å²) in [5, 5.41) is 2.97. The summed E-state index contributed by atoms with van der Waals surface area (Å²) in [6, 6.07) is 14.2. The van der Waals surface area contributed by atoms with Gasteiger partial charge in [0.15, 0.2) is 0 Å². The van der Waals surface area contributed by atoms with Gasteiger partial charge in [0.1, 0.15) is 5.75 Å². The van der Waals surface area contributed by atoms with E-state index in [0.717, 1.165) is 42.0 Å². The molecule has 0 aromatic heterocycles. The van der Waals surface area contributed by atoms with Gasteiger partial charge in [-0.2, -0.15) is 0 Å². The number of carbonyl (C=O) groups excluding carboxylic acids is 1. The molecule has 0 fully saturated rings. The Morgan fingerprint density at radius 3 is 2.64 bits per heavy atom. The van der Waals surface area contributed by atoms with E-state index in [1.807, 2.05) is 36.4 Å². The number of fused-ring (bicyclic) bond motifs is 1. The molecule has 2 aromatic carbocycles. The Bertz CT molecular complexity index is 676. The number of benzene rings is 2. The summed E-state index contributed by atoms with van der Waals surface area (Å²) in [6.07, 6.45) is 1.72. The lowest BCUT2D eigenvalue weighted by molar-refractivity contribution is -0.117. The number of anilines is 1. The van der Waals surface area contributed by atoms with Gasteiger partial charge in [0.2, 0.25) is 5.91 Å². The van der Waals surface area contributed by atoms with Crippen LogP contribution in [0.15, 0.2) is 42.5 Å². The fourth-order valence-corrected chi connectivity index (χ4v) is 2.83. The van der Waals surface area contributed by atoms with E-state index in [9.17, 15) is 4.79 Å². The second kappa shape index (κ2) is 6.22. The standard InChI is InChI=1S/C19H21NO2/c1-3-10-22-15-7-5-14(6-8-15)12-17-16-11-13(2)4-9-18(16)20-19(17)21/h4-9,11,17H,3,10,12H2,1-2H3,(H,20,21)/t17-/m0/s1. The third kappa shape index (κ3) is 2.98. The Balaban J connectivity index is 1.76. The molecular formula is C19H21NO2. The van der Waals surface area contributed by atoms with Gasteiger partial charge in [-0.05, 0) is 49.1 Å². The molecule has 1 aliphatic heterocycles. The van der Waals surface area contributed by atoms with Crippen molar-refractivity contribution in [2.75, 3.05) is 11.9 Å². The van der Waals surface area contributed by atoms with Crippen LogP contribution in [0.4, 0.5) is 5.69 Å². The summed E-state index contributed by atoms with van der Waals surface area (Å²) in [5.41, 5.74) is 4.39. The highest BCUT2D eigenvalue weighted by Crippen LogP contribution is 2.35. The summed E-state index contributed by atoms with van der Waals surface area (Å²) >= 11 is 0. The summed E-state index contributed by atoms with van der Waals surface area (Å²) < 4.78 is 5.59. The Morgan fingerprint density at radius 2 is 1.91 bits per heavy atom. The molecule has 3 heteroatoms. The van der Waals surface area contributed by atoms with Crippen LogP contribution in [-0.2, 0) is 11.2 Å². The van der Waals surface area contributed by atoms with Crippen molar-refractivity contribution in [2.24, 2.45) is 0 Å². The van der Waals surface area contributed by atoms with E-state index in [1.165, 1.54) is 5.56 Å². The van der Waals surface area contributed by atoms with E-state index in [2.05, 4.69) is 25.2 Å². The Kier molecular flexibility index (Phi) is 4.14. The molecule has 0 aliphatic carbocycles. The average molecular weight is 295 g/mol. The van der Waals surface area contributed by atoms with Crippen molar-refractivity contribution in [1.29, 1.82) is 0 Å². The predicted molar refractivity (Wildman–Crippen MR) is 88.5 cm³/mol. The highest BCUT2D eigenvalue weighted by atomic mass is 16.5. The quantitative estimate of drug-likeness (QED) is 0.903. The molecule has 22 heavy (non-hydrogen) atoms. The van der Waals surface area contributed by atoms with E-state index in [0.29, 0.717) is 0 Å². The van der Waals surface area contributed by atoms with E-state index >= 15 is 0 Å². The smallest absolute Gasteiger partial charge is 0.232 e. The van der Waals surface area contributed by atoms with Crippen molar-refractivity contribution in [1.82, 2.24) is 0 Å². The number of hydrogen-bond acceptors (Lipinski definition) is 2. The van der Waals surface area contributed by atoms with Crippen molar-refractivity contribution in [3.05, 3.63) is 59.2 Å². The number of ether oxygens (including phenoxy) is 1. The third-order valence-electron chi connectivity index (χ3n) is 3.99. The lowest BCUT2D eigenvalue weighted by atomic mass is 9.92.